The van der Waals surface area contributed by atoms with Gasteiger partial charge in [-0.1, -0.05) is 6.92 Å². The summed E-state index contributed by atoms with van der Waals surface area (Å²) in [7, 11) is 0. The fourth-order valence-corrected chi connectivity index (χ4v) is 1.12. The Morgan fingerprint density at radius 1 is 1.47 bits per heavy atom. The van der Waals surface area contributed by atoms with E-state index in [1.54, 1.807) is 13.0 Å². The minimum atomic E-state index is -0.0822. The molecule has 0 aliphatic carbocycles. The highest BCUT2D eigenvalue weighted by molar-refractivity contribution is 5.95. The van der Waals surface area contributed by atoms with Crippen LogP contribution in [0.3, 0.4) is 0 Å². The van der Waals surface area contributed by atoms with E-state index in [2.05, 4.69) is 10.3 Å². The van der Waals surface area contributed by atoms with Gasteiger partial charge in [0.05, 0.1) is 0 Å². The summed E-state index contributed by atoms with van der Waals surface area (Å²) >= 11 is 0. The van der Waals surface area contributed by atoms with E-state index in [-0.39, 0.29) is 11.7 Å². The zero-order valence-electron chi connectivity index (χ0n) is 9.13. The van der Waals surface area contributed by atoms with Crippen molar-refractivity contribution in [3.8, 4) is 0 Å². The van der Waals surface area contributed by atoms with Crippen LogP contribution in [0.15, 0.2) is 12.3 Å². The molecule has 0 spiro atoms. The van der Waals surface area contributed by atoms with Crippen LogP contribution in [0.4, 0.5) is 5.82 Å². The van der Waals surface area contributed by atoms with Gasteiger partial charge in [-0.15, -0.1) is 0 Å². The van der Waals surface area contributed by atoms with Gasteiger partial charge in [0, 0.05) is 18.2 Å². The van der Waals surface area contributed by atoms with E-state index < -0.39 is 0 Å². The molecule has 1 N–H and O–H groups in total. The van der Waals surface area contributed by atoms with Gasteiger partial charge >= 0.3 is 0 Å². The Hall–Kier alpha value is -1.71. The predicted octanol–water partition coefficient (Wildman–Crippen LogP) is 1.94. The maximum atomic E-state index is 11.1. The molecule has 0 bridgehead atoms. The normalized spacial score (nSPS) is 9.80. The lowest BCUT2D eigenvalue weighted by Gasteiger charge is -2.06. The second-order valence-electron chi connectivity index (χ2n) is 3.35. The molecule has 15 heavy (non-hydrogen) atoms. The highest BCUT2D eigenvalue weighted by atomic mass is 16.1. The fourth-order valence-electron chi connectivity index (χ4n) is 1.12. The summed E-state index contributed by atoms with van der Waals surface area (Å²) in [4.78, 5) is 26.2. The standard InChI is InChI=1S/C11H14N2O2/c1-4-10(15)13-11-7(2)5-9(6-12-11)8(3)14/h5-6H,4H2,1-3H3,(H,12,13,15). The number of rotatable bonds is 3. The Morgan fingerprint density at radius 2 is 2.13 bits per heavy atom. The van der Waals surface area contributed by atoms with Crippen LogP contribution in [0.25, 0.3) is 0 Å². The minimum Gasteiger partial charge on any atom is -0.310 e. The number of ketones is 1. The minimum absolute atomic E-state index is 0.0287. The molecule has 80 valence electrons. The van der Waals surface area contributed by atoms with E-state index in [1.807, 2.05) is 6.92 Å². The number of nitrogens with zero attached hydrogens (tertiary/aromatic N) is 1. The van der Waals surface area contributed by atoms with Crippen molar-refractivity contribution in [3.63, 3.8) is 0 Å². The quantitative estimate of drug-likeness (QED) is 0.769. The molecule has 1 aromatic rings. The van der Waals surface area contributed by atoms with Crippen LogP contribution in [-0.2, 0) is 4.79 Å². The van der Waals surface area contributed by atoms with Crippen LogP contribution in [-0.4, -0.2) is 16.7 Å². The van der Waals surface area contributed by atoms with Crippen molar-refractivity contribution in [1.82, 2.24) is 4.98 Å². The molecule has 0 saturated heterocycles. The van der Waals surface area contributed by atoms with E-state index in [4.69, 9.17) is 0 Å². The average Bonchev–Trinajstić information content (AvgIpc) is 2.20. The van der Waals surface area contributed by atoms with E-state index in [0.29, 0.717) is 17.8 Å². The highest BCUT2D eigenvalue weighted by Gasteiger charge is 2.06. The second kappa shape index (κ2) is 4.68. The number of nitrogens with one attached hydrogen (secondary N) is 1. The fraction of sp³-hybridized carbons (Fsp3) is 0.364. The zero-order valence-corrected chi connectivity index (χ0v) is 9.13. The summed E-state index contributed by atoms with van der Waals surface area (Å²) in [6.07, 6.45) is 1.89. The maximum Gasteiger partial charge on any atom is 0.225 e. The highest BCUT2D eigenvalue weighted by Crippen LogP contribution is 2.13. The Labute approximate surface area is 88.7 Å². The molecule has 4 heteroatoms. The van der Waals surface area contributed by atoms with Crippen LogP contribution in [0.1, 0.15) is 36.2 Å². The molecule has 1 heterocycles. The largest absolute Gasteiger partial charge is 0.310 e. The first-order valence-electron chi connectivity index (χ1n) is 4.82. The number of carbonyl (C=O) groups excluding carboxylic acids is 2. The molecule has 0 aliphatic heterocycles. The summed E-state index contributed by atoms with van der Waals surface area (Å²) in [6, 6.07) is 1.72. The van der Waals surface area contributed by atoms with Crippen molar-refractivity contribution in [2.24, 2.45) is 0 Å². The van der Waals surface area contributed by atoms with E-state index in [9.17, 15) is 9.59 Å². The summed E-state index contributed by atoms with van der Waals surface area (Å²) < 4.78 is 0. The van der Waals surface area contributed by atoms with Crippen molar-refractivity contribution in [3.05, 3.63) is 23.4 Å². The number of hydrogen-bond donors (Lipinski definition) is 1. The number of pyridine rings is 1. The lowest BCUT2D eigenvalue weighted by atomic mass is 10.1. The van der Waals surface area contributed by atoms with Crippen LogP contribution in [0.5, 0.6) is 0 Å². The van der Waals surface area contributed by atoms with Gasteiger partial charge in [-0.2, -0.15) is 0 Å². The summed E-state index contributed by atoms with van der Waals surface area (Å²) in [5.74, 6) is 0.409. The number of anilines is 1. The zero-order chi connectivity index (χ0) is 11.4. The summed E-state index contributed by atoms with van der Waals surface area (Å²) in [6.45, 7) is 5.07. The van der Waals surface area contributed by atoms with Gasteiger partial charge in [-0.25, -0.2) is 4.98 Å². The molecule has 0 atom stereocenters. The van der Waals surface area contributed by atoms with Gasteiger partial charge < -0.3 is 5.32 Å². The molecule has 0 saturated carbocycles. The molecule has 1 amide bonds. The number of aromatic nitrogens is 1. The molecular weight excluding hydrogens is 192 g/mol. The molecule has 0 unspecified atom stereocenters. The van der Waals surface area contributed by atoms with Gasteiger partial charge in [0.15, 0.2) is 5.78 Å². The molecule has 1 aromatic heterocycles. The number of amides is 1. The van der Waals surface area contributed by atoms with Crippen LogP contribution >= 0.6 is 0 Å². The number of Topliss-reactive ketones (excluding diaryl/α,β-unsaturated/α-hetero) is 1. The number of carbonyl (C=O) groups is 2. The first-order valence-corrected chi connectivity index (χ1v) is 4.82. The van der Waals surface area contributed by atoms with Gasteiger partial charge in [-0.05, 0) is 25.5 Å². The van der Waals surface area contributed by atoms with Crippen LogP contribution in [0, 0.1) is 6.92 Å². The monoisotopic (exact) mass is 206 g/mol. The van der Waals surface area contributed by atoms with Crippen molar-refractivity contribution in [1.29, 1.82) is 0 Å². The Kier molecular flexibility index (Phi) is 3.55. The average molecular weight is 206 g/mol. The Bertz CT molecular complexity index is 400. The van der Waals surface area contributed by atoms with Gasteiger partial charge in [-0.3, -0.25) is 9.59 Å². The number of hydrogen-bond acceptors (Lipinski definition) is 3. The lowest BCUT2D eigenvalue weighted by molar-refractivity contribution is -0.115. The van der Waals surface area contributed by atoms with E-state index in [1.165, 1.54) is 13.1 Å². The number of aryl methyl sites for hydroxylation is 1. The van der Waals surface area contributed by atoms with E-state index in [0.717, 1.165) is 5.56 Å². The topological polar surface area (TPSA) is 59.1 Å². The lowest BCUT2D eigenvalue weighted by Crippen LogP contribution is -2.12. The summed E-state index contributed by atoms with van der Waals surface area (Å²) in [5.41, 5.74) is 1.35. The smallest absolute Gasteiger partial charge is 0.225 e. The summed E-state index contributed by atoms with van der Waals surface area (Å²) in [5, 5.41) is 2.66. The van der Waals surface area contributed by atoms with Crippen LogP contribution in [0.2, 0.25) is 0 Å². The van der Waals surface area contributed by atoms with Crippen LogP contribution < -0.4 is 5.32 Å². The molecule has 0 aliphatic rings. The maximum absolute atomic E-state index is 11.1. The third-order valence-electron chi connectivity index (χ3n) is 2.06. The molecule has 0 radical (unpaired) electrons. The molecule has 1 rings (SSSR count). The third kappa shape index (κ3) is 2.87. The van der Waals surface area contributed by atoms with Gasteiger partial charge in [0.25, 0.3) is 0 Å². The first kappa shape index (κ1) is 11.4. The molecule has 0 aromatic carbocycles. The molecule has 0 fully saturated rings. The Balaban J connectivity index is 2.93. The molecular formula is C11H14N2O2. The second-order valence-corrected chi connectivity index (χ2v) is 3.35. The van der Waals surface area contributed by atoms with E-state index >= 15 is 0 Å². The molecule has 4 nitrogen and oxygen atoms in total. The van der Waals surface area contributed by atoms with Crippen molar-refractivity contribution in [2.45, 2.75) is 27.2 Å². The first-order chi connectivity index (χ1) is 7.04. The van der Waals surface area contributed by atoms with Crippen molar-refractivity contribution < 1.29 is 9.59 Å². The predicted molar refractivity (Wildman–Crippen MR) is 57.9 cm³/mol. The SMILES string of the molecule is CCC(=O)Nc1ncc(C(C)=O)cc1C. The van der Waals surface area contributed by atoms with Gasteiger partial charge in [0.2, 0.25) is 5.91 Å². The van der Waals surface area contributed by atoms with Crippen molar-refractivity contribution in [2.75, 3.05) is 5.32 Å². The van der Waals surface area contributed by atoms with Gasteiger partial charge in [0.1, 0.15) is 5.82 Å². The third-order valence-corrected chi connectivity index (χ3v) is 2.06. The van der Waals surface area contributed by atoms with Crippen molar-refractivity contribution >= 4 is 17.5 Å². The Morgan fingerprint density at radius 3 is 2.60 bits per heavy atom.